The summed E-state index contributed by atoms with van der Waals surface area (Å²) in [5.74, 6) is 3.09. The Hall–Kier alpha value is -0.263. The van der Waals surface area contributed by atoms with Crippen molar-refractivity contribution < 1.29 is 5.11 Å². The molecule has 0 unspecified atom stereocenters. The van der Waals surface area contributed by atoms with E-state index in [1.807, 2.05) is 13.8 Å². The molecule has 0 radical (unpaired) electrons. The molecule has 0 aromatic heterocycles. The van der Waals surface area contributed by atoms with Crippen molar-refractivity contribution in [3.8, 4) is 11.5 Å². The molecule has 2 heteroatoms. The first-order chi connectivity index (χ1) is 5.54. The van der Waals surface area contributed by atoms with E-state index in [0.29, 0.717) is 6.42 Å². The molecule has 0 rings (SSSR count). The molecule has 12 heavy (non-hydrogen) atoms. The van der Waals surface area contributed by atoms with Crippen LogP contribution in [0.3, 0.4) is 0 Å². The highest BCUT2D eigenvalue weighted by molar-refractivity contribution is 6.64. The summed E-state index contributed by atoms with van der Waals surface area (Å²) in [7, 11) is -0.754. The van der Waals surface area contributed by atoms with Gasteiger partial charge in [0.2, 0.25) is 0 Å². The van der Waals surface area contributed by atoms with Crippen molar-refractivity contribution in [1.82, 2.24) is 0 Å². The van der Waals surface area contributed by atoms with E-state index >= 15 is 0 Å². The van der Waals surface area contributed by atoms with E-state index in [-0.39, 0.29) is 0 Å². The van der Waals surface area contributed by atoms with Gasteiger partial charge < -0.3 is 5.11 Å². The summed E-state index contributed by atoms with van der Waals surface area (Å²) in [6.07, 6.45) is 2.25. The Morgan fingerprint density at radius 3 is 2.08 bits per heavy atom. The number of rotatable bonds is 3. The van der Waals surface area contributed by atoms with Gasteiger partial charge in [-0.25, -0.2) is 0 Å². The zero-order valence-electron chi connectivity index (χ0n) is 8.65. The van der Waals surface area contributed by atoms with Crippen LogP contribution in [0.5, 0.6) is 0 Å². The largest absolute Gasteiger partial charge is 0.389 e. The lowest BCUT2D eigenvalue weighted by Crippen LogP contribution is -2.25. The van der Waals surface area contributed by atoms with E-state index < -0.39 is 14.4 Å². The number of hydrogen-bond acceptors (Lipinski definition) is 1. The Morgan fingerprint density at radius 2 is 1.75 bits per heavy atom. The highest BCUT2D eigenvalue weighted by Crippen LogP contribution is 2.17. The van der Waals surface area contributed by atoms with Gasteiger partial charge in [-0.1, -0.05) is 26.9 Å². The molecule has 0 aromatic carbocycles. The van der Waals surface area contributed by atoms with Gasteiger partial charge in [0.25, 0.3) is 0 Å². The third-order valence-corrected chi connectivity index (χ3v) is 2.91. The molecule has 0 saturated carbocycles. The molecule has 0 aliphatic rings. The van der Waals surface area contributed by atoms with Gasteiger partial charge in [0, 0.05) is 6.42 Å². The van der Waals surface area contributed by atoms with Crippen molar-refractivity contribution in [2.45, 2.75) is 51.8 Å². The second kappa shape index (κ2) is 5.39. The molecular weight excluding hydrogens is 164 g/mol. The third kappa shape index (κ3) is 4.58. The first-order valence-corrected chi connectivity index (χ1v) is 7.63. The molecule has 0 amide bonds. The molecule has 0 fully saturated rings. The maximum atomic E-state index is 9.85. The first kappa shape index (κ1) is 11.7. The van der Waals surface area contributed by atoms with Crippen LogP contribution in [0.1, 0.15) is 33.1 Å². The SMILES string of the molecule is CCC(O)(CC)CC#C[SiH](C)C. The Labute approximate surface area is 77.8 Å². The van der Waals surface area contributed by atoms with Crippen molar-refractivity contribution in [2.24, 2.45) is 0 Å². The molecule has 0 aliphatic heterocycles. The predicted octanol–water partition coefficient (Wildman–Crippen LogP) is 1.96. The fraction of sp³-hybridized carbons (Fsp3) is 0.800. The van der Waals surface area contributed by atoms with Gasteiger partial charge in [-0.2, -0.15) is 0 Å². The summed E-state index contributed by atoms with van der Waals surface area (Å²) in [6.45, 7) is 8.42. The van der Waals surface area contributed by atoms with Crippen molar-refractivity contribution in [3.63, 3.8) is 0 Å². The summed E-state index contributed by atoms with van der Waals surface area (Å²) in [6, 6.07) is 0. The zero-order chi connectivity index (χ0) is 9.61. The summed E-state index contributed by atoms with van der Waals surface area (Å²) in [4.78, 5) is 0. The molecule has 0 saturated heterocycles. The normalized spacial score (nSPS) is 11.2. The van der Waals surface area contributed by atoms with Crippen LogP contribution in [0.2, 0.25) is 13.1 Å². The average molecular weight is 184 g/mol. The third-order valence-electron chi connectivity index (χ3n) is 2.12. The van der Waals surface area contributed by atoms with Gasteiger partial charge in [0.15, 0.2) is 0 Å². The molecule has 0 spiro atoms. The van der Waals surface area contributed by atoms with Gasteiger partial charge in [-0.3, -0.25) is 0 Å². The fourth-order valence-electron chi connectivity index (χ4n) is 0.920. The Kier molecular flexibility index (Phi) is 5.28. The van der Waals surface area contributed by atoms with Crippen molar-refractivity contribution in [3.05, 3.63) is 0 Å². The maximum Gasteiger partial charge on any atom is 0.116 e. The second-order valence-electron chi connectivity index (χ2n) is 3.58. The number of aliphatic hydroxyl groups is 1. The van der Waals surface area contributed by atoms with Crippen LogP contribution in [-0.4, -0.2) is 19.5 Å². The Morgan fingerprint density at radius 1 is 1.25 bits per heavy atom. The lowest BCUT2D eigenvalue weighted by molar-refractivity contribution is 0.0375. The standard InChI is InChI=1S/C10H20OSi/c1-5-10(11,6-2)8-7-9-12(3)4/h11-12H,5-6,8H2,1-4H3. The van der Waals surface area contributed by atoms with Crippen LogP contribution in [0.25, 0.3) is 0 Å². The smallest absolute Gasteiger partial charge is 0.116 e. The van der Waals surface area contributed by atoms with E-state index in [9.17, 15) is 5.11 Å². The van der Waals surface area contributed by atoms with Gasteiger partial charge in [0.05, 0.1) is 5.60 Å². The maximum absolute atomic E-state index is 9.85. The molecule has 0 heterocycles. The summed E-state index contributed by atoms with van der Waals surface area (Å²) in [5.41, 5.74) is 2.67. The van der Waals surface area contributed by atoms with Crippen LogP contribution < -0.4 is 0 Å². The Bertz CT molecular complexity index is 172. The second-order valence-corrected chi connectivity index (χ2v) is 6.18. The lowest BCUT2D eigenvalue weighted by Gasteiger charge is -2.21. The predicted molar refractivity (Wildman–Crippen MR) is 56.8 cm³/mol. The average Bonchev–Trinajstić information content (AvgIpc) is 2.03. The van der Waals surface area contributed by atoms with Crippen LogP contribution in [0, 0.1) is 11.5 Å². The minimum Gasteiger partial charge on any atom is -0.389 e. The van der Waals surface area contributed by atoms with Gasteiger partial charge >= 0.3 is 0 Å². The van der Waals surface area contributed by atoms with Crippen LogP contribution in [0.4, 0.5) is 0 Å². The highest BCUT2D eigenvalue weighted by atomic mass is 28.3. The molecular formula is C10H20OSi. The molecule has 0 bridgehead atoms. The van der Waals surface area contributed by atoms with Crippen molar-refractivity contribution >= 4 is 8.80 Å². The van der Waals surface area contributed by atoms with Crippen LogP contribution in [0.15, 0.2) is 0 Å². The van der Waals surface area contributed by atoms with Crippen LogP contribution in [-0.2, 0) is 0 Å². The lowest BCUT2D eigenvalue weighted by atomic mass is 9.94. The minimum absolute atomic E-state index is 0.531. The van der Waals surface area contributed by atoms with Crippen LogP contribution >= 0.6 is 0 Å². The van der Waals surface area contributed by atoms with Gasteiger partial charge in [-0.05, 0) is 12.8 Å². The van der Waals surface area contributed by atoms with Crippen molar-refractivity contribution in [1.29, 1.82) is 0 Å². The summed E-state index contributed by atoms with van der Waals surface area (Å²) < 4.78 is 0. The van der Waals surface area contributed by atoms with Gasteiger partial charge in [-0.15, -0.1) is 11.5 Å². The minimum atomic E-state index is -0.754. The Balaban J connectivity index is 3.99. The fourth-order valence-corrected chi connectivity index (χ4v) is 1.43. The molecule has 0 aromatic rings. The van der Waals surface area contributed by atoms with Crippen molar-refractivity contribution in [2.75, 3.05) is 0 Å². The van der Waals surface area contributed by atoms with Gasteiger partial charge in [0.1, 0.15) is 8.80 Å². The molecule has 0 aliphatic carbocycles. The van der Waals surface area contributed by atoms with E-state index in [0.717, 1.165) is 12.8 Å². The van der Waals surface area contributed by atoms with E-state index in [1.165, 1.54) is 0 Å². The summed E-state index contributed by atoms with van der Waals surface area (Å²) in [5, 5.41) is 9.85. The molecule has 0 atom stereocenters. The highest BCUT2D eigenvalue weighted by Gasteiger charge is 2.19. The topological polar surface area (TPSA) is 20.2 Å². The van der Waals surface area contributed by atoms with E-state index in [1.54, 1.807) is 0 Å². The number of hydrogen-bond donors (Lipinski definition) is 1. The van der Waals surface area contributed by atoms with E-state index in [4.69, 9.17) is 0 Å². The quantitative estimate of drug-likeness (QED) is 0.525. The first-order valence-electron chi connectivity index (χ1n) is 4.75. The molecule has 1 N–H and O–H groups in total. The zero-order valence-corrected chi connectivity index (χ0v) is 9.80. The van der Waals surface area contributed by atoms with E-state index in [2.05, 4.69) is 24.6 Å². The summed E-state index contributed by atoms with van der Waals surface area (Å²) >= 11 is 0. The molecule has 70 valence electrons. The monoisotopic (exact) mass is 184 g/mol. The molecule has 1 nitrogen and oxygen atoms in total.